The average Bonchev–Trinajstić information content (AvgIpc) is 3.48. The predicted molar refractivity (Wildman–Crippen MR) is 113 cm³/mol. The topological polar surface area (TPSA) is 46.1 Å². The number of methoxy groups -OCH3 is 1. The van der Waals surface area contributed by atoms with Crippen LogP contribution in [0, 0.1) is 11.3 Å². The molecule has 0 atom stereocenters. The minimum atomic E-state index is 0. The van der Waals surface area contributed by atoms with Crippen LogP contribution in [0.2, 0.25) is 0 Å². The molecule has 0 radical (unpaired) electrons. The molecule has 0 bridgehead atoms. The predicted octanol–water partition coefficient (Wildman–Crippen LogP) is 3.28. The molecule has 0 aromatic rings. The monoisotopic (exact) mass is 465 g/mol. The Morgan fingerprint density at radius 3 is 2.44 bits per heavy atom. The van der Waals surface area contributed by atoms with Crippen LogP contribution in [-0.2, 0) is 9.47 Å². The van der Waals surface area contributed by atoms with E-state index in [0.717, 1.165) is 70.5 Å². The van der Waals surface area contributed by atoms with Crippen molar-refractivity contribution in [3.63, 3.8) is 0 Å². The number of hydrogen-bond donors (Lipinski definition) is 1. The highest BCUT2D eigenvalue weighted by Gasteiger charge is 2.53. The number of aliphatic imine (C=N–C) groups is 1. The van der Waals surface area contributed by atoms with Gasteiger partial charge in [-0.15, -0.1) is 24.0 Å². The number of halogens is 1. The van der Waals surface area contributed by atoms with Gasteiger partial charge in [-0.1, -0.05) is 0 Å². The number of piperidine rings is 1. The van der Waals surface area contributed by atoms with Crippen molar-refractivity contribution in [3.8, 4) is 0 Å². The highest BCUT2D eigenvalue weighted by Crippen LogP contribution is 2.61. The molecule has 5 nitrogen and oxygen atoms in total. The number of nitrogens with one attached hydrogen (secondary N) is 1. The maximum Gasteiger partial charge on any atom is 0.193 e. The lowest BCUT2D eigenvalue weighted by Gasteiger charge is -2.34. The number of ether oxygens (including phenoxy) is 2. The van der Waals surface area contributed by atoms with Crippen molar-refractivity contribution in [2.24, 2.45) is 16.3 Å². The van der Waals surface area contributed by atoms with Crippen molar-refractivity contribution in [1.29, 1.82) is 0 Å². The highest BCUT2D eigenvalue weighted by atomic mass is 127. The van der Waals surface area contributed by atoms with E-state index in [-0.39, 0.29) is 24.0 Å². The second kappa shape index (κ2) is 10.3. The Morgan fingerprint density at radius 2 is 1.88 bits per heavy atom. The first kappa shape index (κ1) is 21.2. The van der Waals surface area contributed by atoms with Crippen LogP contribution in [-0.4, -0.2) is 63.5 Å². The Labute approximate surface area is 170 Å². The Hall–Kier alpha value is -0.0800. The fraction of sp³-hybridized carbons (Fsp3) is 0.947. The first-order valence-electron chi connectivity index (χ1n) is 9.91. The molecule has 3 aliphatic rings. The molecule has 0 aromatic heterocycles. The van der Waals surface area contributed by atoms with Crippen LogP contribution in [0.15, 0.2) is 4.99 Å². The normalized spacial score (nSPS) is 23.3. The van der Waals surface area contributed by atoms with Gasteiger partial charge in [0.25, 0.3) is 0 Å². The van der Waals surface area contributed by atoms with Gasteiger partial charge in [0, 0.05) is 46.5 Å². The Kier molecular flexibility index (Phi) is 8.75. The molecular formula is C19H36IN3O2. The van der Waals surface area contributed by atoms with Gasteiger partial charge in [-0.2, -0.15) is 0 Å². The van der Waals surface area contributed by atoms with Crippen LogP contribution in [0.4, 0.5) is 0 Å². The lowest BCUT2D eigenvalue weighted by Crippen LogP contribution is -2.47. The second-order valence-corrected chi connectivity index (χ2v) is 7.71. The van der Waals surface area contributed by atoms with Gasteiger partial charge in [0.1, 0.15) is 0 Å². The zero-order valence-corrected chi connectivity index (χ0v) is 18.3. The van der Waals surface area contributed by atoms with Crippen molar-refractivity contribution in [3.05, 3.63) is 0 Å². The van der Waals surface area contributed by atoms with Crippen molar-refractivity contribution in [2.75, 3.05) is 46.5 Å². The van der Waals surface area contributed by atoms with Crippen LogP contribution < -0.4 is 5.32 Å². The van der Waals surface area contributed by atoms with Gasteiger partial charge in [0.15, 0.2) is 5.96 Å². The van der Waals surface area contributed by atoms with Crippen LogP contribution in [0.5, 0.6) is 0 Å². The largest absolute Gasteiger partial charge is 0.385 e. The molecule has 1 aliphatic heterocycles. The van der Waals surface area contributed by atoms with Gasteiger partial charge in [-0.05, 0) is 63.2 Å². The minimum Gasteiger partial charge on any atom is -0.385 e. The molecule has 146 valence electrons. The fourth-order valence-electron chi connectivity index (χ4n) is 3.90. The molecule has 0 unspecified atom stereocenters. The fourth-order valence-corrected chi connectivity index (χ4v) is 3.90. The van der Waals surface area contributed by atoms with Crippen molar-refractivity contribution >= 4 is 29.9 Å². The van der Waals surface area contributed by atoms with Gasteiger partial charge >= 0.3 is 0 Å². The Bertz CT molecular complexity index is 417. The molecule has 1 N–H and O–H groups in total. The van der Waals surface area contributed by atoms with E-state index in [0.29, 0.717) is 11.5 Å². The number of likely N-dealkylation sites (tertiary alicyclic amines) is 1. The maximum absolute atomic E-state index is 5.97. The summed E-state index contributed by atoms with van der Waals surface area (Å²) in [6, 6.07) is 0. The summed E-state index contributed by atoms with van der Waals surface area (Å²) in [5.74, 6) is 2.11. The molecule has 6 heteroatoms. The average molecular weight is 465 g/mol. The summed E-state index contributed by atoms with van der Waals surface area (Å²) in [5.41, 5.74) is 0.587. The summed E-state index contributed by atoms with van der Waals surface area (Å²) in [6.07, 6.45) is 9.29. The van der Waals surface area contributed by atoms with Crippen molar-refractivity contribution in [2.45, 2.75) is 58.0 Å². The van der Waals surface area contributed by atoms with E-state index in [4.69, 9.17) is 14.5 Å². The number of guanidine groups is 1. The molecule has 2 aliphatic carbocycles. The second-order valence-electron chi connectivity index (χ2n) is 7.71. The van der Waals surface area contributed by atoms with Gasteiger partial charge in [0.2, 0.25) is 0 Å². The summed E-state index contributed by atoms with van der Waals surface area (Å²) in [4.78, 5) is 7.45. The summed E-state index contributed by atoms with van der Waals surface area (Å²) >= 11 is 0. The summed E-state index contributed by atoms with van der Waals surface area (Å²) in [7, 11) is 1.75. The smallest absolute Gasteiger partial charge is 0.193 e. The molecule has 2 saturated carbocycles. The molecule has 3 rings (SSSR count). The lowest BCUT2D eigenvalue weighted by atomic mass is 10.0. The maximum atomic E-state index is 5.97. The molecule has 0 aromatic carbocycles. The van der Waals surface area contributed by atoms with E-state index in [2.05, 4.69) is 17.1 Å². The number of hydrogen-bond acceptors (Lipinski definition) is 3. The molecule has 1 saturated heterocycles. The van der Waals surface area contributed by atoms with Gasteiger partial charge in [0.05, 0.1) is 6.10 Å². The molecule has 0 spiro atoms. The molecule has 1 heterocycles. The Balaban J connectivity index is 0.00000225. The first-order valence-corrected chi connectivity index (χ1v) is 9.91. The van der Waals surface area contributed by atoms with Crippen LogP contribution in [0.3, 0.4) is 0 Å². The molecule has 3 fully saturated rings. The van der Waals surface area contributed by atoms with E-state index in [9.17, 15) is 0 Å². The van der Waals surface area contributed by atoms with Crippen molar-refractivity contribution in [1.82, 2.24) is 10.2 Å². The third-order valence-corrected chi connectivity index (χ3v) is 5.80. The first-order chi connectivity index (χ1) is 11.8. The zero-order chi connectivity index (χ0) is 16.8. The highest BCUT2D eigenvalue weighted by molar-refractivity contribution is 14.0. The Morgan fingerprint density at radius 1 is 1.16 bits per heavy atom. The molecule has 0 amide bonds. The van der Waals surface area contributed by atoms with Gasteiger partial charge < -0.3 is 19.7 Å². The van der Waals surface area contributed by atoms with E-state index in [1.165, 1.54) is 25.7 Å². The van der Waals surface area contributed by atoms with Crippen LogP contribution in [0.1, 0.15) is 51.9 Å². The number of rotatable bonds is 9. The van der Waals surface area contributed by atoms with Crippen LogP contribution in [0.25, 0.3) is 0 Å². The lowest BCUT2D eigenvalue weighted by molar-refractivity contribution is 0.00989. The van der Waals surface area contributed by atoms with Gasteiger partial charge in [-0.25, -0.2) is 0 Å². The van der Waals surface area contributed by atoms with Crippen LogP contribution >= 0.6 is 24.0 Å². The summed E-state index contributed by atoms with van der Waals surface area (Å²) in [6.45, 7) is 7.86. The summed E-state index contributed by atoms with van der Waals surface area (Å²) in [5, 5.41) is 3.51. The molecule has 25 heavy (non-hydrogen) atoms. The minimum absolute atomic E-state index is 0. The standard InChI is InChI=1S/C19H35N3O2.HI/c1-3-20-18(21-15-19(9-10-19)16-5-6-16)22-11-7-17(8-12-22)24-14-4-13-23-2;/h16-17H,3-15H2,1-2H3,(H,20,21);1H. The summed E-state index contributed by atoms with van der Waals surface area (Å²) < 4.78 is 11.0. The number of nitrogens with zero attached hydrogens (tertiary/aromatic N) is 2. The third kappa shape index (κ3) is 6.24. The van der Waals surface area contributed by atoms with E-state index < -0.39 is 0 Å². The third-order valence-electron chi connectivity index (χ3n) is 5.80. The van der Waals surface area contributed by atoms with E-state index in [1.807, 2.05) is 0 Å². The quantitative estimate of drug-likeness (QED) is 0.246. The molecular weight excluding hydrogens is 429 g/mol. The van der Waals surface area contributed by atoms with E-state index in [1.54, 1.807) is 7.11 Å². The van der Waals surface area contributed by atoms with Crippen molar-refractivity contribution < 1.29 is 9.47 Å². The SMILES string of the molecule is CCNC(=NCC1(C2CC2)CC1)N1CCC(OCCCOC)CC1.I. The zero-order valence-electron chi connectivity index (χ0n) is 16.0. The van der Waals surface area contributed by atoms with Gasteiger partial charge in [-0.3, -0.25) is 4.99 Å². The van der Waals surface area contributed by atoms with E-state index >= 15 is 0 Å².